The molecule has 232 valence electrons. The molecule has 0 amide bonds. The summed E-state index contributed by atoms with van der Waals surface area (Å²) in [7, 11) is 0. The first-order chi connectivity index (χ1) is 20.9. The number of nitrogen functional groups attached to an aromatic ring is 2. The van der Waals surface area contributed by atoms with Gasteiger partial charge in [0.25, 0.3) is 0 Å². The molecule has 0 radical (unpaired) electrons. The summed E-state index contributed by atoms with van der Waals surface area (Å²) in [5, 5.41) is 50.9. The Hall–Kier alpha value is -4.08. The lowest BCUT2D eigenvalue weighted by molar-refractivity contribution is 0.127. The fourth-order valence-corrected chi connectivity index (χ4v) is 5.61. The Morgan fingerprint density at radius 3 is 1.77 bits per heavy atom. The quantitative estimate of drug-likeness (QED) is 0.0729. The van der Waals surface area contributed by atoms with E-state index in [4.69, 9.17) is 33.1 Å². The number of thiophene rings is 2. The number of rotatable bonds is 6. The SMILES string of the molecule is Cc1nnnn1/C(=N/O)c1ccsc1.Cc1nnnn1/C(=N/OCc1csc(N)n1)c1ccsc1.Cl.Nc1nc(CCl)cs1. The first kappa shape index (κ1) is 34.4. The molecular weight excluding hydrogens is 692 g/mol. The zero-order chi connectivity index (χ0) is 30.6. The van der Waals surface area contributed by atoms with Crippen molar-refractivity contribution in [3.63, 3.8) is 0 Å². The topological polar surface area (TPSA) is 219 Å². The van der Waals surface area contributed by atoms with Gasteiger partial charge in [-0.1, -0.05) is 10.3 Å². The van der Waals surface area contributed by atoms with E-state index in [9.17, 15) is 0 Å². The summed E-state index contributed by atoms with van der Waals surface area (Å²) in [6.45, 7) is 3.77. The van der Waals surface area contributed by atoms with E-state index in [1.165, 1.54) is 43.4 Å². The Labute approximate surface area is 277 Å². The molecule has 6 aromatic heterocycles. The molecule has 0 saturated heterocycles. The Morgan fingerprint density at radius 2 is 1.39 bits per heavy atom. The molecule has 0 aliphatic heterocycles. The van der Waals surface area contributed by atoms with Crippen LogP contribution in [0.3, 0.4) is 0 Å². The van der Waals surface area contributed by atoms with E-state index in [0.717, 1.165) is 22.5 Å². The van der Waals surface area contributed by atoms with Crippen LogP contribution in [0.4, 0.5) is 10.3 Å². The van der Waals surface area contributed by atoms with Gasteiger partial charge in [0.1, 0.15) is 0 Å². The van der Waals surface area contributed by atoms with Gasteiger partial charge < -0.3 is 21.5 Å². The molecule has 0 aliphatic rings. The Morgan fingerprint density at radius 1 is 0.864 bits per heavy atom. The second kappa shape index (κ2) is 17.3. The molecular formula is C22H24Cl2N14O2S4. The second-order valence-corrected chi connectivity index (χ2v) is 11.5. The van der Waals surface area contributed by atoms with Crippen LogP contribution < -0.4 is 11.5 Å². The summed E-state index contributed by atoms with van der Waals surface area (Å²) in [6, 6.07) is 3.76. The first-order valence-electron chi connectivity index (χ1n) is 11.8. The number of alkyl halides is 1. The largest absolute Gasteiger partial charge is 0.409 e. The van der Waals surface area contributed by atoms with E-state index in [-0.39, 0.29) is 19.0 Å². The van der Waals surface area contributed by atoms with Crippen molar-refractivity contribution in [1.82, 2.24) is 50.4 Å². The van der Waals surface area contributed by atoms with Crippen molar-refractivity contribution in [1.29, 1.82) is 0 Å². The number of thiazole rings is 2. The van der Waals surface area contributed by atoms with Crippen LogP contribution in [0.2, 0.25) is 0 Å². The summed E-state index contributed by atoms with van der Waals surface area (Å²) >= 11 is 11.3. The van der Waals surface area contributed by atoms with E-state index >= 15 is 0 Å². The van der Waals surface area contributed by atoms with Crippen LogP contribution in [0.1, 0.15) is 34.2 Å². The Kier molecular flexibility index (Phi) is 13.5. The number of aryl methyl sites for hydroxylation is 2. The highest BCUT2D eigenvalue weighted by Crippen LogP contribution is 2.14. The Balaban J connectivity index is 0.000000198. The van der Waals surface area contributed by atoms with Crippen LogP contribution in [0.15, 0.2) is 54.7 Å². The van der Waals surface area contributed by atoms with E-state index in [1.807, 2.05) is 44.4 Å². The van der Waals surface area contributed by atoms with Gasteiger partial charge in [0.05, 0.1) is 17.3 Å². The molecule has 0 aliphatic carbocycles. The van der Waals surface area contributed by atoms with Gasteiger partial charge in [0.2, 0.25) is 11.7 Å². The maximum Gasteiger partial charge on any atom is 0.204 e. The lowest BCUT2D eigenvalue weighted by Crippen LogP contribution is -2.17. The minimum absolute atomic E-state index is 0. The normalized spacial score (nSPS) is 11.2. The smallest absolute Gasteiger partial charge is 0.204 e. The third-order valence-corrected chi connectivity index (χ3v) is 8.03. The zero-order valence-corrected chi connectivity index (χ0v) is 27.7. The number of nitrogens with two attached hydrogens (primary N) is 2. The van der Waals surface area contributed by atoms with Gasteiger partial charge >= 0.3 is 0 Å². The summed E-state index contributed by atoms with van der Waals surface area (Å²) in [4.78, 5) is 13.4. The van der Waals surface area contributed by atoms with Crippen molar-refractivity contribution in [2.45, 2.75) is 26.3 Å². The number of tetrazole rings is 2. The summed E-state index contributed by atoms with van der Waals surface area (Å²) in [5.41, 5.74) is 14.1. The van der Waals surface area contributed by atoms with Crippen LogP contribution in [-0.4, -0.2) is 67.3 Å². The molecule has 6 rings (SSSR count). The van der Waals surface area contributed by atoms with Crippen LogP contribution in [0.25, 0.3) is 0 Å². The molecule has 5 N–H and O–H groups in total. The predicted octanol–water partition coefficient (Wildman–Crippen LogP) is 4.12. The lowest BCUT2D eigenvalue weighted by atomic mass is 10.3. The molecule has 0 aromatic carbocycles. The number of halogens is 2. The fourth-order valence-electron chi connectivity index (χ4n) is 3.01. The molecule has 6 aromatic rings. The van der Waals surface area contributed by atoms with Gasteiger partial charge in [-0.15, -0.1) is 56.9 Å². The van der Waals surface area contributed by atoms with Crippen molar-refractivity contribution >= 4 is 91.3 Å². The van der Waals surface area contributed by atoms with Gasteiger partial charge in [0, 0.05) is 32.6 Å². The molecule has 0 fully saturated rings. The third kappa shape index (κ3) is 9.46. The zero-order valence-electron chi connectivity index (χ0n) is 22.8. The number of aromatic nitrogens is 10. The van der Waals surface area contributed by atoms with Gasteiger partial charge in [-0.3, -0.25) is 0 Å². The molecule has 0 atom stereocenters. The van der Waals surface area contributed by atoms with Crippen molar-refractivity contribution in [3.8, 4) is 0 Å². The van der Waals surface area contributed by atoms with Crippen LogP contribution in [-0.2, 0) is 17.3 Å². The van der Waals surface area contributed by atoms with E-state index < -0.39 is 0 Å². The number of hydrogen-bond donors (Lipinski definition) is 3. The molecule has 0 bridgehead atoms. The molecule has 16 nitrogen and oxygen atoms in total. The van der Waals surface area contributed by atoms with Crippen LogP contribution >= 0.6 is 69.4 Å². The third-order valence-electron chi connectivity index (χ3n) is 4.94. The highest BCUT2D eigenvalue weighted by molar-refractivity contribution is 7.13. The summed E-state index contributed by atoms with van der Waals surface area (Å²) < 4.78 is 2.90. The Bertz CT molecular complexity index is 1740. The molecule has 44 heavy (non-hydrogen) atoms. The first-order valence-corrected chi connectivity index (χ1v) is 16.0. The average molecular weight is 716 g/mol. The highest BCUT2D eigenvalue weighted by atomic mass is 35.5. The molecule has 6 heterocycles. The molecule has 0 unspecified atom stereocenters. The highest BCUT2D eigenvalue weighted by Gasteiger charge is 2.14. The minimum Gasteiger partial charge on any atom is -0.409 e. The number of nitrogens with zero attached hydrogens (tertiary/aromatic N) is 12. The van der Waals surface area contributed by atoms with Gasteiger partial charge in [-0.2, -0.15) is 32.0 Å². The summed E-state index contributed by atoms with van der Waals surface area (Å²) in [6.07, 6.45) is 0. The average Bonchev–Trinajstić information content (AvgIpc) is 3.84. The van der Waals surface area contributed by atoms with Gasteiger partial charge in [0.15, 0.2) is 28.5 Å². The summed E-state index contributed by atoms with van der Waals surface area (Å²) in [5.74, 6) is 2.51. The fraction of sp³-hybridized carbons (Fsp3) is 0.182. The van der Waals surface area contributed by atoms with E-state index in [0.29, 0.717) is 39.5 Å². The standard InChI is InChI=1S/C11H11N7OS2.C7H7N5OS.C4H5ClN2S.ClH/c1-7-14-16-17-18(7)10(8-2-3-20-5-8)15-19-4-9-6-21-11(12)13-9;1-5-8-10-11-12(5)7(9-13)6-2-3-14-4-6;5-1-3-2-8-4(6)7-3;/h2-3,5-6H,4H2,1H3,(H2,12,13);2-4,13H,1H3;2H,1H2,(H2,6,7);1H/b15-10+;9-7+;;. The minimum atomic E-state index is 0. The number of oxime groups is 2. The van der Waals surface area contributed by atoms with Crippen molar-refractivity contribution in [3.05, 3.63) is 78.6 Å². The number of hydrogen-bond acceptors (Lipinski definition) is 18. The van der Waals surface area contributed by atoms with Crippen molar-refractivity contribution in [2.75, 3.05) is 11.5 Å². The number of anilines is 2. The van der Waals surface area contributed by atoms with Gasteiger partial charge in [-0.25, -0.2) is 9.97 Å². The van der Waals surface area contributed by atoms with Crippen LogP contribution in [0, 0.1) is 13.8 Å². The van der Waals surface area contributed by atoms with Crippen molar-refractivity contribution < 1.29 is 10.0 Å². The molecule has 0 spiro atoms. The lowest BCUT2D eigenvalue weighted by Gasteiger charge is -2.04. The monoisotopic (exact) mass is 714 g/mol. The predicted molar refractivity (Wildman–Crippen MR) is 174 cm³/mol. The van der Waals surface area contributed by atoms with Crippen molar-refractivity contribution in [2.24, 2.45) is 10.3 Å². The van der Waals surface area contributed by atoms with E-state index in [1.54, 1.807) is 25.2 Å². The molecule has 0 saturated carbocycles. The molecule has 22 heteroatoms. The van der Waals surface area contributed by atoms with Crippen LogP contribution in [0.5, 0.6) is 0 Å². The maximum absolute atomic E-state index is 8.87. The van der Waals surface area contributed by atoms with Gasteiger partial charge in [-0.05, 0) is 57.6 Å². The maximum atomic E-state index is 8.87. The second-order valence-electron chi connectivity index (χ2n) is 7.90. The van der Waals surface area contributed by atoms with E-state index in [2.05, 4.69) is 51.3 Å².